The van der Waals surface area contributed by atoms with Crippen molar-refractivity contribution < 1.29 is 0 Å². The van der Waals surface area contributed by atoms with Crippen LogP contribution in [0.25, 0.3) is 0 Å². The highest BCUT2D eigenvalue weighted by atomic mass is 127. The monoisotopic (exact) mass is 510 g/mol. The standard InChI is InChI=1S/C28H47I/c1-19(2)8-7-9-21(4)28(29)17-14-25-23-11-10-22-18-20(3)12-15-26(22,5)24(23)13-16-27(25,28)6/h10,19-21,23-25H,7-9,11-18H2,1-6H3/t20-,21+,23?,24-,25-,26-,27-,28-/m0/s1. The van der Waals surface area contributed by atoms with Gasteiger partial charge in [-0.1, -0.05) is 88.6 Å². The molecule has 29 heavy (non-hydrogen) atoms. The number of rotatable bonds is 5. The van der Waals surface area contributed by atoms with Crippen LogP contribution in [0.4, 0.5) is 0 Å². The Labute approximate surface area is 195 Å². The van der Waals surface area contributed by atoms with Crippen LogP contribution in [0.15, 0.2) is 11.6 Å². The molecule has 0 spiro atoms. The Bertz CT molecular complexity index is 634. The second kappa shape index (κ2) is 8.11. The molecule has 166 valence electrons. The lowest BCUT2D eigenvalue weighted by atomic mass is 9.46. The zero-order chi connectivity index (χ0) is 21.0. The minimum Gasteiger partial charge on any atom is -0.0845 e. The summed E-state index contributed by atoms with van der Waals surface area (Å²) in [6.45, 7) is 15.3. The first-order chi connectivity index (χ1) is 13.6. The number of halogens is 1. The SMILES string of the molecule is CC(C)CCC[C@@H](C)[C@@]1(I)CC[C@H]2C3CC=C4C[C@@H](C)CC[C@]4(C)[C@H]3CC[C@@]21C. The lowest BCUT2D eigenvalue weighted by Gasteiger charge is -2.60. The first-order valence-electron chi connectivity index (χ1n) is 13.0. The van der Waals surface area contributed by atoms with Crippen LogP contribution in [0.2, 0.25) is 0 Å². The molecule has 0 amide bonds. The van der Waals surface area contributed by atoms with Gasteiger partial charge in [-0.2, -0.15) is 0 Å². The Morgan fingerprint density at radius 3 is 2.45 bits per heavy atom. The third kappa shape index (κ3) is 3.60. The van der Waals surface area contributed by atoms with Crippen molar-refractivity contribution in [2.75, 3.05) is 0 Å². The normalized spacial score (nSPS) is 47.9. The molecule has 0 heterocycles. The van der Waals surface area contributed by atoms with E-state index in [9.17, 15) is 0 Å². The van der Waals surface area contributed by atoms with E-state index in [1.807, 2.05) is 5.57 Å². The van der Waals surface area contributed by atoms with Crippen LogP contribution in [0.1, 0.15) is 112 Å². The molecular formula is C28H47I. The molecule has 0 saturated heterocycles. The van der Waals surface area contributed by atoms with Gasteiger partial charge in [-0.3, -0.25) is 0 Å². The molecule has 0 aliphatic heterocycles. The highest BCUT2D eigenvalue weighted by molar-refractivity contribution is 14.1. The molecule has 3 saturated carbocycles. The summed E-state index contributed by atoms with van der Waals surface area (Å²) in [5, 5.41) is 0. The van der Waals surface area contributed by atoms with Gasteiger partial charge in [0.1, 0.15) is 0 Å². The zero-order valence-corrected chi connectivity index (χ0v) is 22.4. The summed E-state index contributed by atoms with van der Waals surface area (Å²) in [5.41, 5.74) is 2.97. The number of fused-ring (bicyclic) bond motifs is 5. The number of alkyl halides is 1. The van der Waals surface area contributed by atoms with Crippen molar-refractivity contribution in [3.05, 3.63) is 11.6 Å². The summed E-state index contributed by atoms with van der Waals surface area (Å²) in [6.07, 6.45) is 18.7. The molecule has 0 aromatic rings. The predicted molar refractivity (Wildman–Crippen MR) is 135 cm³/mol. The lowest BCUT2D eigenvalue weighted by molar-refractivity contribution is -0.0413. The van der Waals surface area contributed by atoms with Gasteiger partial charge in [-0.25, -0.2) is 0 Å². The summed E-state index contributed by atoms with van der Waals surface area (Å²) in [5.74, 6) is 5.56. The minimum absolute atomic E-state index is 0.531. The molecule has 1 heteroatoms. The summed E-state index contributed by atoms with van der Waals surface area (Å²) >= 11 is 2.99. The van der Waals surface area contributed by atoms with Crippen LogP contribution in [-0.4, -0.2) is 3.42 Å². The fraction of sp³-hybridized carbons (Fsp3) is 0.929. The molecule has 3 fully saturated rings. The Kier molecular flexibility index (Phi) is 6.34. The third-order valence-corrected chi connectivity index (χ3v) is 13.5. The molecule has 4 aliphatic rings. The van der Waals surface area contributed by atoms with Crippen molar-refractivity contribution in [3.63, 3.8) is 0 Å². The van der Waals surface area contributed by atoms with Crippen LogP contribution < -0.4 is 0 Å². The highest BCUT2D eigenvalue weighted by Crippen LogP contribution is 2.70. The Morgan fingerprint density at radius 1 is 1.00 bits per heavy atom. The fourth-order valence-electron chi connectivity index (χ4n) is 8.73. The maximum atomic E-state index is 2.99. The summed E-state index contributed by atoms with van der Waals surface area (Å²) in [6, 6.07) is 0. The van der Waals surface area contributed by atoms with E-state index < -0.39 is 0 Å². The first kappa shape index (κ1) is 22.7. The van der Waals surface area contributed by atoms with Crippen molar-refractivity contribution in [1.82, 2.24) is 0 Å². The third-order valence-electron chi connectivity index (χ3n) is 10.7. The van der Waals surface area contributed by atoms with Crippen molar-refractivity contribution in [3.8, 4) is 0 Å². The van der Waals surface area contributed by atoms with Crippen LogP contribution in [-0.2, 0) is 0 Å². The van der Waals surface area contributed by atoms with E-state index in [1.54, 1.807) is 0 Å². The van der Waals surface area contributed by atoms with E-state index in [0.29, 0.717) is 14.3 Å². The quantitative estimate of drug-likeness (QED) is 0.196. The molecule has 8 atom stereocenters. The van der Waals surface area contributed by atoms with Gasteiger partial charge in [0.05, 0.1) is 0 Å². The Morgan fingerprint density at radius 2 is 1.72 bits per heavy atom. The van der Waals surface area contributed by atoms with Crippen molar-refractivity contribution in [2.45, 2.75) is 116 Å². The van der Waals surface area contributed by atoms with Gasteiger partial charge < -0.3 is 0 Å². The van der Waals surface area contributed by atoms with Gasteiger partial charge in [-0.15, -0.1) is 0 Å². The molecule has 0 bridgehead atoms. The van der Waals surface area contributed by atoms with Crippen LogP contribution in [0, 0.1) is 46.3 Å². The van der Waals surface area contributed by atoms with Crippen molar-refractivity contribution in [1.29, 1.82) is 0 Å². The molecule has 0 N–H and O–H groups in total. The average Bonchev–Trinajstić information content (AvgIpc) is 2.94. The van der Waals surface area contributed by atoms with Gasteiger partial charge in [0.2, 0.25) is 0 Å². The van der Waals surface area contributed by atoms with Crippen LogP contribution >= 0.6 is 22.6 Å². The fourth-order valence-corrected chi connectivity index (χ4v) is 10.0. The molecule has 4 rings (SSSR count). The second-order valence-electron chi connectivity index (χ2n) is 12.7. The maximum absolute atomic E-state index is 2.99. The molecule has 0 radical (unpaired) electrons. The van der Waals surface area contributed by atoms with Gasteiger partial charge in [0.15, 0.2) is 0 Å². The van der Waals surface area contributed by atoms with Crippen LogP contribution in [0.5, 0.6) is 0 Å². The Hall–Kier alpha value is 0.470. The van der Waals surface area contributed by atoms with E-state index in [-0.39, 0.29) is 0 Å². The summed E-state index contributed by atoms with van der Waals surface area (Å²) in [4.78, 5) is 0. The number of hydrogen-bond donors (Lipinski definition) is 0. The summed E-state index contributed by atoms with van der Waals surface area (Å²) in [7, 11) is 0. The lowest BCUT2D eigenvalue weighted by Crippen LogP contribution is -2.54. The van der Waals surface area contributed by atoms with E-state index in [0.717, 1.165) is 35.5 Å². The highest BCUT2D eigenvalue weighted by Gasteiger charge is 2.64. The van der Waals surface area contributed by atoms with Gasteiger partial charge in [-0.05, 0) is 104 Å². The average molecular weight is 511 g/mol. The van der Waals surface area contributed by atoms with E-state index in [1.165, 1.54) is 70.6 Å². The zero-order valence-electron chi connectivity index (χ0n) is 20.2. The van der Waals surface area contributed by atoms with E-state index in [4.69, 9.17) is 0 Å². The first-order valence-corrected chi connectivity index (χ1v) is 14.1. The largest absolute Gasteiger partial charge is 0.0845 e. The smallest absolute Gasteiger partial charge is 0.0304 e. The molecule has 1 unspecified atom stereocenters. The molecule has 0 nitrogen and oxygen atoms in total. The molecular weight excluding hydrogens is 463 g/mol. The maximum Gasteiger partial charge on any atom is 0.0304 e. The minimum atomic E-state index is 0.531. The van der Waals surface area contributed by atoms with Gasteiger partial charge in [0, 0.05) is 3.42 Å². The van der Waals surface area contributed by atoms with Gasteiger partial charge in [0.25, 0.3) is 0 Å². The summed E-state index contributed by atoms with van der Waals surface area (Å²) < 4.78 is 0.531. The number of hydrogen-bond acceptors (Lipinski definition) is 0. The van der Waals surface area contributed by atoms with Crippen molar-refractivity contribution >= 4 is 22.6 Å². The van der Waals surface area contributed by atoms with Crippen molar-refractivity contribution in [2.24, 2.45) is 46.3 Å². The van der Waals surface area contributed by atoms with E-state index in [2.05, 4.69) is 70.2 Å². The molecule has 0 aromatic heterocycles. The molecule has 4 aliphatic carbocycles. The Balaban J connectivity index is 1.54. The van der Waals surface area contributed by atoms with E-state index >= 15 is 0 Å². The second-order valence-corrected chi connectivity index (χ2v) is 14.6. The molecule has 0 aromatic carbocycles. The predicted octanol–water partition coefficient (Wildman–Crippen LogP) is 9.22. The van der Waals surface area contributed by atoms with Gasteiger partial charge >= 0.3 is 0 Å². The topological polar surface area (TPSA) is 0 Å². The van der Waals surface area contributed by atoms with Crippen LogP contribution in [0.3, 0.4) is 0 Å². The number of allylic oxidation sites excluding steroid dienone is 2.